The average molecular weight is 416 g/mol. The molecular formula is C24H18F2N4O. The van der Waals surface area contributed by atoms with Crippen LogP contribution < -0.4 is 10.6 Å². The minimum atomic E-state index is -0.808. The summed E-state index contributed by atoms with van der Waals surface area (Å²) in [6.07, 6.45) is 3.26. The summed E-state index contributed by atoms with van der Waals surface area (Å²) in [7, 11) is 0. The van der Waals surface area contributed by atoms with Gasteiger partial charge in [-0.3, -0.25) is 9.69 Å². The molecule has 1 aliphatic carbocycles. The highest BCUT2D eigenvalue weighted by Gasteiger charge is 2.40. The van der Waals surface area contributed by atoms with Gasteiger partial charge in [0.15, 0.2) is 5.78 Å². The Balaban J connectivity index is 1.76. The molecule has 5 nitrogen and oxygen atoms in total. The summed E-state index contributed by atoms with van der Waals surface area (Å²) in [6.45, 7) is 0. The molecule has 7 heteroatoms. The molecule has 1 atom stereocenters. The van der Waals surface area contributed by atoms with Crippen LogP contribution in [0.1, 0.15) is 30.7 Å². The molecule has 0 amide bonds. The Morgan fingerprint density at radius 2 is 1.97 bits per heavy atom. The normalized spacial score (nSPS) is 19.1. The molecule has 1 aliphatic heterocycles. The van der Waals surface area contributed by atoms with Gasteiger partial charge in [0.2, 0.25) is 0 Å². The van der Waals surface area contributed by atoms with Crippen LogP contribution in [0.25, 0.3) is 10.9 Å². The van der Waals surface area contributed by atoms with Crippen molar-refractivity contribution < 1.29 is 13.6 Å². The van der Waals surface area contributed by atoms with Gasteiger partial charge in [-0.1, -0.05) is 6.07 Å². The molecule has 3 N–H and O–H groups in total. The summed E-state index contributed by atoms with van der Waals surface area (Å²) in [5.74, 6) is -2.19. The molecule has 2 aromatic carbocycles. The molecule has 5 rings (SSSR count). The number of carbonyl (C=O) groups excluding carboxylic acids is 1. The largest absolute Gasteiger partial charge is 0.384 e. The van der Waals surface area contributed by atoms with Gasteiger partial charge in [-0.25, -0.2) is 8.78 Å². The number of nitrogens with one attached hydrogen (secondary N) is 1. The number of nitrogens with two attached hydrogens (primary N) is 1. The lowest BCUT2D eigenvalue weighted by Gasteiger charge is -2.39. The first-order valence-electron chi connectivity index (χ1n) is 9.98. The zero-order valence-electron chi connectivity index (χ0n) is 16.5. The van der Waals surface area contributed by atoms with Crippen LogP contribution in [0, 0.1) is 23.0 Å². The second-order valence-corrected chi connectivity index (χ2v) is 7.74. The minimum Gasteiger partial charge on any atom is -0.384 e. The van der Waals surface area contributed by atoms with E-state index in [9.17, 15) is 18.8 Å². The predicted octanol–water partition coefficient (Wildman–Crippen LogP) is 4.75. The number of anilines is 1. The van der Waals surface area contributed by atoms with Gasteiger partial charge in [0, 0.05) is 35.5 Å². The SMILES string of the molecule is N#CC1=C(N)N(c2ccc(F)cc2F)C2=C(C(=O)CCC2)[C@H]1c1ccc2[nH]ccc2c1. The van der Waals surface area contributed by atoms with Gasteiger partial charge in [0.05, 0.1) is 23.2 Å². The van der Waals surface area contributed by atoms with E-state index in [-0.39, 0.29) is 22.9 Å². The molecule has 1 aromatic heterocycles. The number of H-pyrrole nitrogens is 1. The third-order valence-electron chi connectivity index (χ3n) is 5.97. The Morgan fingerprint density at radius 1 is 1.13 bits per heavy atom. The number of hydrogen-bond acceptors (Lipinski definition) is 4. The van der Waals surface area contributed by atoms with Crippen molar-refractivity contribution in [3.05, 3.63) is 88.5 Å². The maximum Gasteiger partial charge on any atom is 0.161 e. The minimum absolute atomic E-state index is 0.0217. The summed E-state index contributed by atoms with van der Waals surface area (Å²) in [5, 5.41) is 11.0. The average Bonchev–Trinajstić information content (AvgIpc) is 3.22. The third kappa shape index (κ3) is 2.91. The molecule has 0 fully saturated rings. The van der Waals surface area contributed by atoms with Crippen LogP contribution in [-0.2, 0) is 4.79 Å². The van der Waals surface area contributed by atoms with Crippen LogP contribution in [0.4, 0.5) is 14.5 Å². The number of allylic oxidation sites excluding steroid dienone is 3. The fourth-order valence-electron chi connectivity index (χ4n) is 4.61. The van der Waals surface area contributed by atoms with E-state index in [2.05, 4.69) is 11.1 Å². The number of rotatable bonds is 2. The van der Waals surface area contributed by atoms with Gasteiger partial charge >= 0.3 is 0 Å². The Kier molecular flexibility index (Phi) is 4.36. The van der Waals surface area contributed by atoms with Gasteiger partial charge in [-0.05, 0) is 54.1 Å². The lowest BCUT2D eigenvalue weighted by atomic mass is 9.75. The number of nitrogens with zero attached hydrogens (tertiary/aromatic N) is 2. The number of aromatic nitrogens is 1. The number of nitriles is 1. The second kappa shape index (κ2) is 7.10. The number of aromatic amines is 1. The third-order valence-corrected chi connectivity index (χ3v) is 5.97. The van der Waals surface area contributed by atoms with E-state index in [0.29, 0.717) is 30.5 Å². The van der Waals surface area contributed by atoms with Crippen molar-refractivity contribution in [1.29, 1.82) is 5.26 Å². The lowest BCUT2D eigenvalue weighted by molar-refractivity contribution is -0.116. The van der Waals surface area contributed by atoms with E-state index in [1.165, 1.54) is 11.0 Å². The summed E-state index contributed by atoms with van der Waals surface area (Å²) >= 11 is 0. The first kappa shape index (κ1) is 19.1. The maximum absolute atomic E-state index is 14.7. The summed E-state index contributed by atoms with van der Waals surface area (Å²) in [6, 6.07) is 12.9. The molecule has 3 aromatic rings. The molecule has 0 bridgehead atoms. The highest BCUT2D eigenvalue weighted by atomic mass is 19.1. The Morgan fingerprint density at radius 3 is 2.74 bits per heavy atom. The van der Waals surface area contributed by atoms with Gasteiger partial charge in [-0.15, -0.1) is 0 Å². The van der Waals surface area contributed by atoms with Crippen molar-refractivity contribution in [2.24, 2.45) is 5.73 Å². The van der Waals surface area contributed by atoms with E-state index >= 15 is 0 Å². The molecule has 154 valence electrons. The fourth-order valence-corrected chi connectivity index (χ4v) is 4.61. The van der Waals surface area contributed by atoms with Crippen molar-refractivity contribution in [1.82, 2.24) is 4.98 Å². The van der Waals surface area contributed by atoms with Crippen molar-refractivity contribution in [2.75, 3.05) is 4.90 Å². The van der Waals surface area contributed by atoms with Crippen molar-refractivity contribution >= 4 is 22.4 Å². The lowest BCUT2D eigenvalue weighted by Crippen LogP contribution is -2.39. The molecule has 2 heterocycles. The summed E-state index contributed by atoms with van der Waals surface area (Å²) in [5.41, 5.74) is 9.34. The fraction of sp³-hybridized carbons (Fsp3) is 0.167. The van der Waals surface area contributed by atoms with E-state index in [4.69, 9.17) is 5.73 Å². The smallest absolute Gasteiger partial charge is 0.161 e. The van der Waals surface area contributed by atoms with Crippen molar-refractivity contribution in [2.45, 2.75) is 25.2 Å². The Bertz CT molecular complexity index is 1350. The second-order valence-electron chi connectivity index (χ2n) is 7.74. The van der Waals surface area contributed by atoms with Crippen LogP contribution in [0.15, 0.2) is 71.3 Å². The predicted molar refractivity (Wildman–Crippen MR) is 113 cm³/mol. The standard InChI is InChI=1S/C24H18F2N4O/c25-15-5-7-19(17(26)11-15)30-20-2-1-3-21(31)23(20)22(16(12-27)24(30)28)14-4-6-18-13(10-14)8-9-29-18/h4-11,22,29H,1-3,28H2/t22-/m0/s1. The van der Waals surface area contributed by atoms with E-state index < -0.39 is 17.6 Å². The zero-order valence-corrected chi connectivity index (χ0v) is 16.5. The quantitative estimate of drug-likeness (QED) is 0.631. The van der Waals surface area contributed by atoms with Gasteiger partial charge in [-0.2, -0.15) is 5.26 Å². The summed E-state index contributed by atoms with van der Waals surface area (Å²) in [4.78, 5) is 17.6. The number of ketones is 1. The Hall–Kier alpha value is -3.92. The number of fused-ring (bicyclic) bond motifs is 1. The molecule has 0 saturated heterocycles. The van der Waals surface area contributed by atoms with Crippen LogP contribution in [0.5, 0.6) is 0 Å². The number of hydrogen-bond donors (Lipinski definition) is 2. The van der Waals surface area contributed by atoms with E-state index in [1.54, 1.807) is 0 Å². The van der Waals surface area contributed by atoms with Gasteiger partial charge in [0.1, 0.15) is 17.5 Å². The zero-order chi connectivity index (χ0) is 21.7. The number of halogens is 2. The van der Waals surface area contributed by atoms with Crippen LogP contribution in [0.3, 0.4) is 0 Å². The van der Waals surface area contributed by atoms with Crippen molar-refractivity contribution in [3.8, 4) is 6.07 Å². The molecule has 31 heavy (non-hydrogen) atoms. The van der Waals surface area contributed by atoms with Gasteiger partial charge < -0.3 is 10.7 Å². The number of Topliss-reactive ketones (excluding diaryl/α,β-unsaturated/α-hetero) is 1. The Labute approximate surface area is 177 Å². The first-order valence-corrected chi connectivity index (χ1v) is 9.98. The van der Waals surface area contributed by atoms with Crippen LogP contribution in [-0.4, -0.2) is 10.8 Å². The summed E-state index contributed by atoms with van der Waals surface area (Å²) < 4.78 is 28.2. The molecule has 0 spiro atoms. The highest BCUT2D eigenvalue weighted by Crippen LogP contribution is 2.47. The molecule has 0 saturated carbocycles. The maximum atomic E-state index is 14.7. The van der Waals surface area contributed by atoms with Gasteiger partial charge in [0.25, 0.3) is 0 Å². The molecule has 0 unspecified atom stereocenters. The molecule has 0 radical (unpaired) electrons. The topological polar surface area (TPSA) is 85.9 Å². The molecular weight excluding hydrogens is 398 g/mol. The van der Waals surface area contributed by atoms with E-state index in [1.807, 2.05) is 30.5 Å². The highest BCUT2D eigenvalue weighted by molar-refractivity contribution is 6.01. The number of benzene rings is 2. The number of carbonyl (C=O) groups is 1. The monoisotopic (exact) mass is 416 g/mol. The van der Waals surface area contributed by atoms with E-state index in [0.717, 1.165) is 28.6 Å². The molecule has 2 aliphatic rings. The van der Waals surface area contributed by atoms with Crippen LogP contribution >= 0.6 is 0 Å². The van der Waals surface area contributed by atoms with Crippen LogP contribution in [0.2, 0.25) is 0 Å². The first-order chi connectivity index (χ1) is 15.0. The van der Waals surface area contributed by atoms with Crippen molar-refractivity contribution in [3.63, 3.8) is 0 Å².